The molecule has 2 atom stereocenters. The van der Waals surface area contributed by atoms with Gasteiger partial charge in [0.2, 0.25) is 0 Å². The van der Waals surface area contributed by atoms with Crippen LogP contribution in [0.1, 0.15) is 90.3 Å². The zero-order valence-corrected chi connectivity index (χ0v) is 19.1. The van der Waals surface area contributed by atoms with Crippen molar-refractivity contribution >= 4 is 11.3 Å². The van der Waals surface area contributed by atoms with E-state index in [-0.39, 0.29) is 0 Å². The predicted octanol–water partition coefficient (Wildman–Crippen LogP) is 8.03. The lowest BCUT2D eigenvalue weighted by atomic mass is 9.78. The fourth-order valence-corrected chi connectivity index (χ4v) is 5.16. The number of nitrogens with one attached hydrogen (secondary N) is 1. The molecule has 1 aliphatic carbocycles. The van der Waals surface area contributed by atoms with Crippen LogP contribution < -0.4 is 0 Å². The van der Waals surface area contributed by atoms with Gasteiger partial charge in [-0.05, 0) is 79.5 Å². The third-order valence-electron chi connectivity index (χ3n) is 7.10. The Morgan fingerprint density at radius 1 is 1.14 bits per heavy atom. The second-order valence-corrected chi connectivity index (χ2v) is 8.50. The van der Waals surface area contributed by atoms with E-state index in [1.54, 1.807) is 0 Å². The highest BCUT2D eigenvalue weighted by Gasteiger charge is 2.25. The maximum Gasteiger partial charge on any atom is 0.0646 e. The topological polar surface area (TPSA) is 23.9 Å². The highest BCUT2D eigenvalue weighted by Crippen LogP contribution is 2.35. The summed E-state index contributed by atoms with van der Waals surface area (Å²) < 4.78 is 0. The predicted molar refractivity (Wildman–Crippen MR) is 125 cm³/mol. The summed E-state index contributed by atoms with van der Waals surface area (Å²) in [6.07, 6.45) is 12.9. The first-order valence-corrected chi connectivity index (χ1v) is 11.5. The van der Waals surface area contributed by atoms with Crippen LogP contribution in [0.5, 0.6) is 0 Å². The molecular formula is C27H41N. The minimum Gasteiger partial charge on any atom is -0.300 e. The Kier molecular flexibility index (Phi) is 8.73. The average Bonchev–Trinajstić information content (AvgIpc) is 2.92. The van der Waals surface area contributed by atoms with E-state index in [2.05, 4.69) is 71.9 Å². The van der Waals surface area contributed by atoms with Gasteiger partial charge in [-0.2, -0.15) is 0 Å². The molecule has 0 aromatic heterocycles. The van der Waals surface area contributed by atoms with E-state index in [1.165, 1.54) is 67.2 Å². The largest absolute Gasteiger partial charge is 0.300 e. The molecule has 0 saturated carbocycles. The molecule has 0 aliphatic heterocycles. The fraction of sp³-hybridized carbons (Fsp3) is 0.593. The Bertz CT molecular complexity index is 718. The summed E-state index contributed by atoms with van der Waals surface area (Å²) in [6.45, 7) is 13.4. The quantitative estimate of drug-likeness (QED) is 0.349. The molecule has 2 unspecified atom stereocenters. The summed E-state index contributed by atoms with van der Waals surface area (Å²) in [7, 11) is 0. The molecule has 1 nitrogen and oxygen atoms in total. The molecule has 1 aromatic carbocycles. The van der Waals surface area contributed by atoms with Crippen LogP contribution in [0, 0.1) is 23.2 Å². The monoisotopic (exact) mass is 379 g/mol. The van der Waals surface area contributed by atoms with Gasteiger partial charge in [0.25, 0.3) is 0 Å². The van der Waals surface area contributed by atoms with Gasteiger partial charge in [0.05, 0.1) is 5.71 Å². The Balaban J connectivity index is 2.44. The fourth-order valence-electron chi connectivity index (χ4n) is 5.16. The molecule has 0 amide bonds. The number of allylic oxidation sites excluding steroid dienone is 4. The zero-order chi connectivity index (χ0) is 20.7. The van der Waals surface area contributed by atoms with E-state index in [1.807, 2.05) is 0 Å². The maximum absolute atomic E-state index is 9.15. The molecule has 0 bridgehead atoms. The number of aryl methyl sites for hydroxylation is 1. The third kappa shape index (κ3) is 4.85. The van der Waals surface area contributed by atoms with Crippen molar-refractivity contribution in [2.75, 3.05) is 0 Å². The van der Waals surface area contributed by atoms with Crippen molar-refractivity contribution in [1.82, 2.24) is 0 Å². The first-order chi connectivity index (χ1) is 13.5. The van der Waals surface area contributed by atoms with Crippen LogP contribution in [0.4, 0.5) is 0 Å². The minimum atomic E-state index is 0.424. The van der Waals surface area contributed by atoms with Gasteiger partial charge in [-0.15, -0.1) is 0 Å². The Labute approximate surface area is 173 Å². The van der Waals surface area contributed by atoms with Gasteiger partial charge >= 0.3 is 0 Å². The highest BCUT2D eigenvalue weighted by molar-refractivity contribution is 6.30. The van der Waals surface area contributed by atoms with E-state index in [4.69, 9.17) is 5.41 Å². The van der Waals surface area contributed by atoms with Gasteiger partial charge in [0, 0.05) is 5.57 Å². The van der Waals surface area contributed by atoms with Crippen molar-refractivity contribution in [3.63, 3.8) is 0 Å². The summed E-state index contributed by atoms with van der Waals surface area (Å²) in [5.74, 6) is 1.84. The number of rotatable bonds is 8. The van der Waals surface area contributed by atoms with E-state index in [9.17, 15) is 0 Å². The number of benzene rings is 1. The molecule has 1 aliphatic rings. The summed E-state index contributed by atoms with van der Waals surface area (Å²) in [4.78, 5) is 0. The summed E-state index contributed by atoms with van der Waals surface area (Å²) in [6, 6.07) is 6.78. The molecule has 0 saturated heterocycles. The number of hydrogen-bond acceptors (Lipinski definition) is 1. The molecule has 1 aromatic rings. The standard InChI is InChI=1S/C27H41N/c1-7-20-14-12-15-22-16-13-17-25(26(22)18-20)24(11-5)27(28)23(10-4)19(6)21(8-2)9-3/h10-11,13,16-17,19-21,28H,7-9,12,14-15,18H2,1-6H3. The minimum absolute atomic E-state index is 0.424. The van der Waals surface area contributed by atoms with Crippen LogP contribution in [0.3, 0.4) is 0 Å². The van der Waals surface area contributed by atoms with E-state index < -0.39 is 0 Å². The molecule has 154 valence electrons. The third-order valence-corrected chi connectivity index (χ3v) is 7.10. The van der Waals surface area contributed by atoms with Crippen LogP contribution in [-0.2, 0) is 12.8 Å². The van der Waals surface area contributed by atoms with Crippen molar-refractivity contribution in [2.45, 2.75) is 86.5 Å². The van der Waals surface area contributed by atoms with E-state index in [0.717, 1.165) is 17.2 Å². The van der Waals surface area contributed by atoms with Gasteiger partial charge in [0.15, 0.2) is 0 Å². The zero-order valence-electron chi connectivity index (χ0n) is 19.1. The Morgan fingerprint density at radius 2 is 1.86 bits per heavy atom. The molecule has 0 spiro atoms. The van der Waals surface area contributed by atoms with Gasteiger partial charge < -0.3 is 0 Å². The summed E-state index contributed by atoms with van der Waals surface area (Å²) >= 11 is 0. The smallest absolute Gasteiger partial charge is 0.0646 e. The van der Waals surface area contributed by atoms with E-state index in [0.29, 0.717) is 11.8 Å². The van der Waals surface area contributed by atoms with Crippen molar-refractivity contribution in [2.24, 2.45) is 17.8 Å². The van der Waals surface area contributed by atoms with Crippen molar-refractivity contribution in [3.05, 3.63) is 52.6 Å². The van der Waals surface area contributed by atoms with Crippen LogP contribution in [0.25, 0.3) is 5.57 Å². The van der Waals surface area contributed by atoms with Gasteiger partial charge in [-0.3, -0.25) is 5.41 Å². The Morgan fingerprint density at radius 3 is 2.43 bits per heavy atom. The SMILES string of the molecule is CC=C(C(=N)C(=CC)C(C)C(CC)CC)c1cccc2c1CC(CC)CCC2. The summed E-state index contributed by atoms with van der Waals surface area (Å²) in [5, 5.41) is 9.15. The normalized spacial score (nSPS) is 19.3. The van der Waals surface area contributed by atoms with Gasteiger partial charge in [-0.25, -0.2) is 0 Å². The van der Waals surface area contributed by atoms with Crippen LogP contribution in [0.2, 0.25) is 0 Å². The number of hydrogen-bond donors (Lipinski definition) is 1. The van der Waals surface area contributed by atoms with Crippen LogP contribution >= 0.6 is 0 Å². The summed E-state index contributed by atoms with van der Waals surface area (Å²) in [5.41, 5.74) is 7.39. The molecule has 0 heterocycles. The first kappa shape index (κ1) is 22.7. The Hall–Kier alpha value is -1.63. The maximum atomic E-state index is 9.15. The van der Waals surface area contributed by atoms with Gasteiger partial charge in [-0.1, -0.05) is 77.3 Å². The van der Waals surface area contributed by atoms with Crippen LogP contribution in [0.15, 0.2) is 35.9 Å². The molecule has 1 N–H and O–H groups in total. The first-order valence-electron chi connectivity index (χ1n) is 11.5. The molecule has 0 fully saturated rings. The molecule has 28 heavy (non-hydrogen) atoms. The lowest BCUT2D eigenvalue weighted by Crippen LogP contribution is -2.19. The molecule has 1 heteroatoms. The molecule has 2 rings (SSSR count). The van der Waals surface area contributed by atoms with Gasteiger partial charge in [0.1, 0.15) is 0 Å². The lowest BCUT2D eigenvalue weighted by molar-refractivity contribution is 0.387. The van der Waals surface area contributed by atoms with Crippen LogP contribution in [-0.4, -0.2) is 5.71 Å². The van der Waals surface area contributed by atoms with E-state index >= 15 is 0 Å². The highest BCUT2D eigenvalue weighted by atomic mass is 14.5. The molecular weight excluding hydrogens is 338 g/mol. The second-order valence-electron chi connectivity index (χ2n) is 8.50. The lowest BCUT2D eigenvalue weighted by Gasteiger charge is -2.27. The molecule has 0 radical (unpaired) electrons. The van der Waals surface area contributed by atoms with Crippen molar-refractivity contribution in [3.8, 4) is 0 Å². The van der Waals surface area contributed by atoms with Crippen molar-refractivity contribution < 1.29 is 0 Å². The average molecular weight is 380 g/mol. The number of fused-ring (bicyclic) bond motifs is 1. The van der Waals surface area contributed by atoms with Crippen molar-refractivity contribution in [1.29, 1.82) is 5.41 Å². The second kappa shape index (κ2) is 10.8.